The number of anilines is 1. The molecule has 1 aliphatic heterocycles. The van der Waals surface area contributed by atoms with Crippen molar-refractivity contribution in [2.75, 3.05) is 12.1 Å². The highest BCUT2D eigenvalue weighted by atomic mass is 35.5. The average molecular weight is 387 g/mol. The van der Waals surface area contributed by atoms with Gasteiger partial charge in [-0.25, -0.2) is 4.79 Å². The maximum atomic E-state index is 12.3. The van der Waals surface area contributed by atoms with E-state index in [1.54, 1.807) is 42.5 Å². The van der Waals surface area contributed by atoms with Crippen molar-refractivity contribution in [2.45, 2.75) is 19.9 Å². The number of hydrogen-bond acceptors (Lipinski definition) is 4. The standard InChI is InChI=1S/C20H19ClN2O4/c1-12(2)22-20(25)23-15-6-4-14(5-7-15)17(24)8-3-13-9-16(21)19-18(10-13)26-11-27-19/h3-10,12H,11H2,1-2H3,(H2,22,23,25)/b8-3+. The van der Waals surface area contributed by atoms with Crippen LogP contribution in [0.1, 0.15) is 29.8 Å². The lowest BCUT2D eigenvalue weighted by molar-refractivity contribution is 0.104. The van der Waals surface area contributed by atoms with Crippen LogP contribution in [0.4, 0.5) is 10.5 Å². The quantitative estimate of drug-likeness (QED) is 0.586. The SMILES string of the molecule is CC(C)NC(=O)Nc1ccc(C(=O)/C=C/c2cc(Cl)c3c(c2)OCO3)cc1. The van der Waals surface area contributed by atoms with Gasteiger partial charge < -0.3 is 20.1 Å². The molecule has 2 amide bonds. The molecule has 0 fully saturated rings. The molecule has 1 heterocycles. The van der Waals surface area contributed by atoms with Crippen molar-refractivity contribution in [2.24, 2.45) is 0 Å². The minimum atomic E-state index is -0.288. The third kappa shape index (κ3) is 4.80. The lowest BCUT2D eigenvalue weighted by atomic mass is 10.1. The zero-order valence-corrected chi connectivity index (χ0v) is 15.7. The van der Waals surface area contributed by atoms with Crippen LogP contribution in [0.25, 0.3) is 6.08 Å². The molecule has 0 aliphatic carbocycles. The van der Waals surface area contributed by atoms with E-state index in [0.717, 1.165) is 5.56 Å². The van der Waals surface area contributed by atoms with Crippen molar-refractivity contribution >= 4 is 35.2 Å². The third-order valence-corrected chi connectivity index (χ3v) is 4.00. The summed E-state index contributed by atoms with van der Waals surface area (Å²) in [5.74, 6) is 0.913. The molecule has 6 nitrogen and oxygen atoms in total. The first-order valence-electron chi connectivity index (χ1n) is 8.41. The zero-order valence-electron chi connectivity index (χ0n) is 14.9. The van der Waals surface area contributed by atoms with Gasteiger partial charge >= 0.3 is 6.03 Å². The second-order valence-corrected chi connectivity index (χ2v) is 6.67. The van der Waals surface area contributed by atoms with Crippen LogP contribution in [0.3, 0.4) is 0 Å². The summed E-state index contributed by atoms with van der Waals surface area (Å²) in [5, 5.41) is 5.88. The first-order chi connectivity index (χ1) is 12.9. The van der Waals surface area contributed by atoms with Crippen molar-refractivity contribution in [1.29, 1.82) is 0 Å². The van der Waals surface area contributed by atoms with Crippen molar-refractivity contribution in [1.82, 2.24) is 5.32 Å². The van der Waals surface area contributed by atoms with Crippen molar-refractivity contribution in [3.05, 3.63) is 58.6 Å². The highest BCUT2D eigenvalue weighted by Crippen LogP contribution is 2.40. The van der Waals surface area contributed by atoms with Gasteiger partial charge in [-0.15, -0.1) is 0 Å². The topological polar surface area (TPSA) is 76.7 Å². The second-order valence-electron chi connectivity index (χ2n) is 6.26. The van der Waals surface area contributed by atoms with Crippen LogP contribution in [-0.2, 0) is 0 Å². The lowest BCUT2D eigenvalue weighted by Gasteiger charge is -2.10. The summed E-state index contributed by atoms with van der Waals surface area (Å²) in [6.07, 6.45) is 3.13. The Morgan fingerprint density at radius 1 is 1.15 bits per heavy atom. The highest BCUT2D eigenvalue weighted by molar-refractivity contribution is 6.32. The number of carbonyl (C=O) groups is 2. The second kappa shape index (κ2) is 8.14. The molecule has 3 rings (SSSR count). The Labute approximate surface area is 162 Å². The van der Waals surface area contributed by atoms with Crippen molar-refractivity contribution < 1.29 is 19.1 Å². The summed E-state index contributed by atoms with van der Waals surface area (Å²) < 4.78 is 10.6. The minimum absolute atomic E-state index is 0.0423. The maximum Gasteiger partial charge on any atom is 0.319 e. The van der Waals surface area contributed by atoms with Crippen molar-refractivity contribution in [3.8, 4) is 11.5 Å². The molecule has 140 valence electrons. The number of halogens is 1. The van der Waals surface area contributed by atoms with Crippen LogP contribution < -0.4 is 20.1 Å². The van der Waals surface area contributed by atoms with Gasteiger partial charge in [0.1, 0.15) is 0 Å². The van der Waals surface area contributed by atoms with E-state index < -0.39 is 0 Å². The van der Waals surface area contributed by atoms with Gasteiger partial charge in [0.25, 0.3) is 0 Å². The largest absolute Gasteiger partial charge is 0.454 e. The summed E-state index contributed by atoms with van der Waals surface area (Å²) in [7, 11) is 0. The Balaban J connectivity index is 1.65. The summed E-state index contributed by atoms with van der Waals surface area (Å²) in [4.78, 5) is 24.0. The summed E-state index contributed by atoms with van der Waals surface area (Å²) >= 11 is 6.13. The van der Waals surface area contributed by atoms with E-state index in [-0.39, 0.29) is 24.6 Å². The fourth-order valence-electron chi connectivity index (χ4n) is 2.50. The third-order valence-electron chi connectivity index (χ3n) is 3.72. The van der Waals surface area contributed by atoms with Crippen LogP contribution in [0.2, 0.25) is 5.02 Å². The van der Waals surface area contributed by atoms with Crippen LogP contribution in [0.15, 0.2) is 42.5 Å². The molecule has 0 saturated heterocycles. The number of nitrogens with one attached hydrogen (secondary N) is 2. The van der Waals surface area contributed by atoms with E-state index in [2.05, 4.69) is 10.6 Å². The number of rotatable bonds is 5. The van der Waals surface area contributed by atoms with Crippen molar-refractivity contribution in [3.63, 3.8) is 0 Å². The van der Waals surface area contributed by atoms with Crippen LogP contribution in [-0.4, -0.2) is 24.6 Å². The van der Waals surface area contributed by atoms with Gasteiger partial charge in [0.05, 0.1) is 5.02 Å². The molecular formula is C20H19ClN2O4. The van der Waals surface area contributed by atoms with Gasteiger partial charge in [-0.05, 0) is 61.9 Å². The van der Waals surface area contributed by atoms with E-state index >= 15 is 0 Å². The number of amides is 2. The molecule has 0 saturated carbocycles. The van der Waals surface area contributed by atoms with E-state index in [0.29, 0.717) is 27.8 Å². The highest BCUT2D eigenvalue weighted by Gasteiger charge is 2.17. The first-order valence-corrected chi connectivity index (χ1v) is 8.79. The number of urea groups is 1. The Hall–Kier alpha value is -2.99. The number of fused-ring (bicyclic) bond motifs is 1. The molecule has 0 spiro atoms. The lowest BCUT2D eigenvalue weighted by Crippen LogP contribution is -2.34. The Bertz CT molecular complexity index is 892. The van der Waals surface area contributed by atoms with Crippen LogP contribution in [0.5, 0.6) is 11.5 Å². The molecule has 1 aliphatic rings. The normalized spacial score (nSPS) is 12.4. The maximum absolute atomic E-state index is 12.3. The molecule has 27 heavy (non-hydrogen) atoms. The fraction of sp³-hybridized carbons (Fsp3) is 0.200. The Kier molecular flexibility index (Phi) is 5.66. The zero-order chi connectivity index (χ0) is 19.4. The summed E-state index contributed by atoms with van der Waals surface area (Å²) in [6.45, 7) is 3.89. The number of ketones is 1. The van der Waals surface area contributed by atoms with E-state index in [9.17, 15) is 9.59 Å². The molecule has 7 heteroatoms. The summed E-state index contributed by atoms with van der Waals surface area (Å²) in [5.41, 5.74) is 1.85. The number of hydrogen-bond donors (Lipinski definition) is 2. The van der Waals surface area contributed by atoms with E-state index in [4.69, 9.17) is 21.1 Å². The molecule has 2 N–H and O–H groups in total. The Morgan fingerprint density at radius 3 is 2.59 bits per heavy atom. The minimum Gasteiger partial charge on any atom is -0.454 e. The molecule has 0 radical (unpaired) electrons. The Morgan fingerprint density at radius 2 is 1.89 bits per heavy atom. The van der Waals surface area contributed by atoms with Crippen LogP contribution >= 0.6 is 11.6 Å². The monoisotopic (exact) mass is 386 g/mol. The first kappa shape index (κ1) is 18.8. The molecular weight excluding hydrogens is 368 g/mol. The number of benzene rings is 2. The summed E-state index contributed by atoms with van der Waals surface area (Å²) in [6, 6.07) is 9.90. The molecule has 2 aromatic carbocycles. The van der Waals surface area contributed by atoms with Gasteiger partial charge in [-0.3, -0.25) is 4.79 Å². The average Bonchev–Trinajstić information content (AvgIpc) is 3.09. The number of ether oxygens (including phenoxy) is 2. The molecule has 2 aromatic rings. The van der Waals surface area contributed by atoms with Crippen LogP contribution in [0, 0.1) is 0 Å². The molecule has 0 bridgehead atoms. The van der Waals surface area contributed by atoms with Gasteiger partial charge in [0, 0.05) is 17.3 Å². The van der Waals surface area contributed by atoms with Gasteiger partial charge in [-0.2, -0.15) is 0 Å². The smallest absolute Gasteiger partial charge is 0.319 e. The molecule has 0 aromatic heterocycles. The van der Waals surface area contributed by atoms with Gasteiger partial charge in [0.15, 0.2) is 17.3 Å². The van der Waals surface area contributed by atoms with E-state index in [1.807, 2.05) is 13.8 Å². The van der Waals surface area contributed by atoms with E-state index in [1.165, 1.54) is 6.08 Å². The van der Waals surface area contributed by atoms with Gasteiger partial charge in [-0.1, -0.05) is 17.7 Å². The molecule has 0 unspecified atom stereocenters. The number of carbonyl (C=O) groups excluding carboxylic acids is 2. The fourth-order valence-corrected chi connectivity index (χ4v) is 2.77. The predicted octanol–water partition coefficient (Wildman–Crippen LogP) is 4.49. The number of allylic oxidation sites excluding steroid dienone is 1. The predicted molar refractivity (Wildman–Crippen MR) is 105 cm³/mol. The molecule has 0 atom stereocenters. The van der Waals surface area contributed by atoms with Gasteiger partial charge in [0.2, 0.25) is 6.79 Å².